The van der Waals surface area contributed by atoms with E-state index >= 15 is 0 Å². The molecule has 3 rings (SSSR count). The summed E-state index contributed by atoms with van der Waals surface area (Å²) in [4.78, 5) is 39.8. The maximum Gasteiger partial charge on any atom is 0.273 e. The molecule has 0 unspecified atom stereocenters. The first-order valence-corrected chi connectivity index (χ1v) is 10.8. The molecule has 3 amide bonds. The molecule has 1 aromatic carbocycles. The van der Waals surface area contributed by atoms with Crippen molar-refractivity contribution in [2.45, 2.75) is 26.3 Å². The second-order valence-corrected chi connectivity index (χ2v) is 8.31. The van der Waals surface area contributed by atoms with Crippen molar-refractivity contribution in [2.24, 2.45) is 11.7 Å². The number of anilines is 2. The number of rotatable bonds is 9. The van der Waals surface area contributed by atoms with Gasteiger partial charge in [0.15, 0.2) is 11.7 Å². The first-order valence-electron chi connectivity index (χ1n) is 10.1. The summed E-state index contributed by atoms with van der Waals surface area (Å²) in [5.41, 5.74) is 11.5. The zero-order valence-electron chi connectivity index (χ0n) is 17.8. The second kappa shape index (κ2) is 10.1. The molecular formula is C22H25N5O4S. The van der Waals surface area contributed by atoms with E-state index in [4.69, 9.17) is 15.9 Å². The van der Waals surface area contributed by atoms with E-state index in [9.17, 15) is 14.4 Å². The van der Waals surface area contributed by atoms with Crippen LogP contribution in [0.25, 0.3) is 0 Å². The molecule has 0 aliphatic carbocycles. The van der Waals surface area contributed by atoms with Crippen LogP contribution >= 0.6 is 11.5 Å². The van der Waals surface area contributed by atoms with E-state index < -0.39 is 23.8 Å². The Morgan fingerprint density at radius 2 is 1.88 bits per heavy atom. The summed E-state index contributed by atoms with van der Waals surface area (Å²) in [5.74, 6) is -1.16. The van der Waals surface area contributed by atoms with E-state index in [1.54, 1.807) is 42.5 Å². The number of aromatic nitrogens is 1. The molecule has 0 saturated carbocycles. The summed E-state index contributed by atoms with van der Waals surface area (Å²) < 4.78 is 9.45. The van der Waals surface area contributed by atoms with Crippen LogP contribution in [0, 0.1) is 5.92 Å². The molecule has 168 valence electrons. The van der Waals surface area contributed by atoms with Gasteiger partial charge in [-0.15, -0.1) is 0 Å². The van der Waals surface area contributed by atoms with Crippen molar-refractivity contribution in [3.8, 4) is 0 Å². The van der Waals surface area contributed by atoms with E-state index in [0.717, 1.165) is 18.0 Å². The number of nitrogens with zero attached hydrogens (tertiary/aromatic N) is 2. The topological polar surface area (TPSA) is 145 Å². The van der Waals surface area contributed by atoms with Crippen LogP contribution in [-0.2, 0) is 4.79 Å². The third kappa shape index (κ3) is 4.97. The van der Waals surface area contributed by atoms with Crippen molar-refractivity contribution < 1.29 is 18.8 Å². The number of para-hydroxylation sites is 1. The summed E-state index contributed by atoms with van der Waals surface area (Å²) in [6.07, 6.45) is 2.21. The molecule has 5 N–H and O–H groups in total. The highest BCUT2D eigenvalue weighted by molar-refractivity contribution is 7.09. The van der Waals surface area contributed by atoms with Crippen LogP contribution in [0.15, 0.2) is 53.1 Å². The molecule has 0 aliphatic rings. The molecule has 0 fully saturated rings. The van der Waals surface area contributed by atoms with Crippen molar-refractivity contribution >= 4 is 40.6 Å². The maximum atomic E-state index is 13.7. The fourth-order valence-corrected chi connectivity index (χ4v) is 3.85. The lowest BCUT2D eigenvalue weighted by Crippen LogP contribution is -2.44. The van der Waals surface area contributed by atoms with Crippen molar-refractivity contribution in [3.63, 3.8) is 0 Å². The van der Waals surface area contributed by atoms with E-state index in [1.807, 2.05) is 0 Å². The molecule has 2 aromatic heterocycles. The van der Waals surface area contributed by atoms with Crippen molar-refractivity contribution in [3.05, 3.63) is 65.1 Å². The minimum Gasteiger partial charge on any atom is -0.467 e. The van der Waals surface area contributed by atoms with Crippen LogP contribution in [0.2, 0.25) is 0 Å². The number of benzene rings is 1. The fraction of sp³-hybridized carbons (Fsp3) is 0.273. The van der Waals surface area contributed by atoms with Crippen LogP contribution in [-0.4, -0.2) is 28.6 Å². The van der Waals surface area contributed by atoms with Crippen molar-refractivity contribution in [2.75, 3.05) is 17.2 Å². The summed E-state index contributed by atoms with van der Waals surface area (Å²) in [5, 5.41) is 2.89. The van der Waals surface area contributed by atoms with Gasteiger partial charge < -0.3 is 21.2 Å². The average molecular weight is 456 g/mol. The normalized spacial score (nSPS) is 11.8. The molecule has 2 heterocycles. The van der Waals surface area contributed by atoms with E-state index in [1.165, 1.54) is 11.2 Å². The Bertz CT molecular complexity index is 1080. The van der Waals surface area contributed by atoms with Crippen LogP contribution in [0.3, 0.4) is 0 Å². The van der Waals surface area contributed by atoms with Gasteiger partial charge in [-0.2, -0.15) is 4.37 Å². The summed E-state index contributed by atoms with van der Waals surface area (Å²) >= 11 is 0.754. The van der Waals surface area contributed by atoms with Gasteiger partial charge >= 0.3 is 0 Å². The number of amides is 3. The second-order valence-electron chi connectivity index (χ2n) is 7.54. The molecule has 1 atom stereocenters. The van der Waals surface area contributed by atoms with Crippen molar-refractivity contribution in [1.29, 1.82) is 0 Å². The molecule has 0 saturated heterocycles. The lowest BCUT2D eigenvalue weighted by Gasteiger charge is -2.29. The Morgan fingerprint density at radius 3 is 2.44 bits per heavy atom. The third-order valence-corrected chi connectivity index (χ3v) is 5.60. The Balaban J connectivity index is 2.07. The van der Waals surface area contributed by atoms with Gasteiger partial charge in [0.05, 0.1) is 12.0 Å². The highest BCUT2D eigenvalue weighted by Gasteiger charge is 2.37. The van der Waals surface area contributed by atoms with Gasteiger partial charge in [0.1, 0.15) is 10.6 Å². The highest BCUT2D eigenvalue weighted by atomic mass is 32.1. The van der Waals surface area contributed by atoms with Crippen LogP contribution in [0.4, 0.5) is 11.4 Å². The van der Waals surface area contributed by atoms with Crippen molar-refractivity contribution in [1.82, 2.24) is 9.69 Å². The van der Waals surface area contributed by atoms with Crippen LogP contribution < -0.4 is 21.7 Å². The lowest BCUT2D eigenvalue weighted by atomic mass is 10.1. The number of hydrogen-bond donors (Lipinski definition) is 3. The number of nitrogens with one attached hydrogen (secondary N) is 1. The van der Waals surface area contributed by atoms with Gasteiger partial charge in [0, 0.05) is 12.2 Å². The summed E-state index contributed by atoms with van der Waals surface area (Å²) in [6, 6.07) is 10.8. The zero-order chi connectivity index (χ0) is 23.3. The Kier molecular flexibility index (Phi) is 7.26. The predicted molar refractivity (Wildman–Crippen MR) is 122 cm³/mol. The highest BCUT2D eigenvalue weighted by Crippen LogP contribution is 2.33. The Morgan fingerprint density at radius 1 is 1.16 bits per heavy atom. The van der Waals surface area contributed by atoms with Crippen LogP contribution in [0.5, 0.6) is 0 Å². The molecule has 10 heteroatoms. The smallest absolute Gasteiger partial charge is 0.273 e. The molecule has 0 bridgehead atoms. The number of nitrogen functional groups attached to an aromatic ring is 1. The average Bonchev–Trinajstić information content (AvgIpc) is 3.41. The number of furan rings is 1. The quantitative estimate of drug-likeness (QED) is 0.452. The number of carbonyl (C=O) groups is 3. The Labute approximate surface area is 189 Å². The van der Waals surface area contributed by atoms with Gasteiger partial charge in [-0.05, 0) is 48.1 Å². The largest absolute Gasteiger partial charge is 0.467 e. The SMILES string of the molecule is CC(C)CCNC(=O)[C@@H](c1ccco1)N(C(=O)c1snc(C(N)=O)c1N)c1ccccc1. The third-order valence-electron chi connectivity index (χ3n) is 4.75. The van der Waals surface area contributed by atoms with E-state index in [-0.39, 0.29) is 22.0 Å². The van der Waals surface area contributed by atoms with E-state index in [0.29, 0.717) is 18.2 Å². The van der Waals surface area contributed by atoms with Gasteiger partial charge in [-0.1, -0.05) is 32.0 Å². The number of carbonyl (C=O) groups excluding carboxylic acids is 3. The molecular weight excluding hydrogens is 430 g/mol. The summed E-state index contributed by atoms with van der Waals surface area (Å²) in [7, 11) is 0. The number of primary amides is 1. The number of nitrogens with two attached hydrogens (primary N) is 2. The lowest BCUT2D eigenvalue weighted by molar-refractivity contribution is -0.122. The maximum absolute atomic E-state index is 13.7. The van der Waals surface area contributed by atoms with Crippen LogP contribution in [0.1, 0.15) is 52.2 Å². The standard InChI is InChI=1S/C22H25N5O4S/c1-13(2)10-11-25-21(29)18(15-9-6-12-31-15)27(14-7-4-3-5-8-14)22(30)19-16(23)17(20(24)28)26-32-19/h3-9,12-13,18H,10-11,23H2,1-2H3,(H2,24,28)(H,25,29)/t18-/m1/s1. The van der Waals surface area contributed by atoms with Gasteiger partial charge in [-0.3, -0.25) is 19.3 Å². The fourth-order valence-electron chi connectivity index (χ4n) is 3.11. The minimum atomic E-state index is -1.11. The minimum absolute atomic E-state index is 0.00851. The predicted octanol–water partition coefficient (Wildman–Crippen LogP) is 2.97. The molecule has 3 aromatic rings. The first-order chi connectivity index (χ1) is 15.3. The van der Waals surface area contributed by atoms with Gasteiger partial charge in [0.2, 0.25) is 0 Å². The summed E-state index contributed by atoms with van der Waals surface area (Å²) in [6.45, 7) is 4.55. The zero-order valence-corrected chi connectivity index (χ0v) is 18.6. The number of hydrogen-bond acceptors (Lipinski definition) is 7. The van der Waals surface area contributed by atoms with E-state index in [2.05, 4.69) is 23.5 Å². The monoisotopic (exact) mass is 455 g/mol. The molecule has 0 aliphatic heterocycles. The Hall–Kier alpha value is -3.66. The molecule has 0 radical (unpaired) electrons. The first kappa shape index (κ1) is 23.0. The van der Waals surface area contributed by atoms with Gasteiger partial charge in [0.25, 0.3) is 17.7 Å². The molecule has 0 spiro atoms. The van der Waals surface area contributed by atoms with Gasteiger partial charge in [-0.25, -0.2) is 0 Å². The molecule has 9 nitrogen and oxygen atoms in total. The molecule has 32 heavy (non-hydrogen) atoms.